The van der Waals surface area contributed by atoms with Gasteiger partial charge in [0.1, 0.15) is 10.9 Å². The molecule has 7 nitrogen and oxygen atoms in total. The summed E-state index contributed by atoms with van der Waals surface area (Å²) in [5, 5.41) is 36.7. The maximum atomic E-state index is 12.0. The van der Waals surface area contributed by atoms with Gasteiger partial charge < -0.3 is 20.4 Å². The van der Waals surface area contributed by atoms with Crippen molar-refractivity contribution in [3.05, 3.63) is 22.6 Å². The lowest BCUT2D eigenvalue weighted by molar-refractivity contribution is -0.140. The number of amides is 1. The van der Waals surface area contributed by atoms with Gasteiger partial charge in [-0.1, -0.05) is 24.0 Å². The minimum Gasteiger partial charge on any atom is -0.504 e. The fourth-order valence-corrected chi connectivity index (χ4v) is 2.89. The van der Waals surface area contributed by atoms with Gasteiger partial charge in [-0.25, -0.2) is 0 Å². The second-order valence-corrected chi connectivity index (χ2v) is 5.75. The predicted molar refractivity (Wildman–Crippen MR) is 79.0 cm³/mol. The van der Waals surface area contributed by atoms with E-state index >= 15 is 0 Å². The van der Waals surface area contributed by atoms with E-state index in [9.17, 15) is 24.9 Å². The summed E-state index contributed by atoms with van der Waals surface area (Å²) in [6, 6.07) is 2.30. The number of carbonyl (C=O) groups excluding carboxylic acids is 1. The fraction of sp³-hybridized carbons (Fsp3) is 0.0833. The molecule has 2 rings (SSSR count). The monoisotopic (exact) mass is 327 g/mol. The lowest BCUT2D eigenvalue weighted by Gasteiger charge is -2.10. The van der Waals surface area contributed by atoms with E-state index in [2.05, 4.69) is 0 Å². The number of aromatic hydroxyl groups is 3. The van der Waals surface area contributed by atoms with Gasteiger partial charge in [-0.05, 0) is 23.8 Å². The molecule has 1 aromatic carbocycles. The lowest BCUT2D eigenvalue weighted by atomic mass is 10.1. The summed E-state index contributed by atoms with van der Waals surface area (Å²) >= 11 is 5.84. The first-order chi connectivity index (χ1) is 9.79. The maximum absolute atomic E-state index is 12.0. The van der Waals surface area contributed by atoms with Gasteiger partial charge in [-0.3, -0.25) is 14.5 Å². The summed E-state index contributed by atoms with van der Waals surface area (Å²) in [6.07, 6.45) is 1.33. The zero-order valence-electron chi connectivity index (χ0n) is 10.3. The highest BCUT2D eigenvalue weighted by atomic mass is 32.2. The van der Waals surface area contributed by atoms with Crippen LogP contribution in [0.1, 0.15) is 5.56 Å². The molecule has 4 N–H and O–H groups in total. The molecule has 21 heavy (non-hydrogen) atoms. The molecule has 0 radical (unpaired) electrons. The van der Waals surface area contributed by atoms with Crippen molar-refractivity contribution >= 4 is 46.3 Å². The average Bonchev–Trinajstić information content (AvgIpc) is 2.63. The number of carboxylic acid groups (broad SMARTS) is 1. The van der Waals surface area contributed by atoms with E-state index in [0.29, 0.717) is 0 Å². The Kier molecular flexibility index (Phi) is 4.05. The fourth-order valence-electron chi connectivity index (χ4n) is 1.63. The second-order valence-electron chi connectivity index (χ2n) is 4.07. The quantitative estimate of drug-likeness (QED) is 0.370. The van der Waals surface area contributed by atoms with Crippen LogP contribution in [0, 0.1) is 0 Å². The maximum Gasteiger partial charge on any atom is 0.323 e. The minimum absolute atomic E-state index is 0.112. The van der Waals surface area contributed by atoms with Gasteiger partial charge in [0.25, 0.3) is 5.91 Å². The van der Waals surface area contributed by atoms with Crippen molar-refractivity contribution in [1.82, 2.24) is 4.90 Å². The first-order valence-electron chi connectivity index (χ1n) is 5.51. The number of nitrogens with zero attached hydrogens (tertiary/aromatic N) is 1. The number of benzene rings is 1. The Morgan fingerprint density at radius 3 is 2.38 bits per heavy atom. The molecule has 1 aliphatic heterocycles. The van der Waals surface area contributed by atoms with Gasteiger partial charge in [0.2, 0.25) is 0 Å². The third kappa shape index (κ3) is 3.09. The Hall–Kier alpha value is -2.26. The van der Waals surface area contributed by atoms with Gasteiger partial charge in [-0.15, -0.1) is 0 Å². The topological polar surface area (TPSA) is 118 Å². The smallest absolute Gasteiger partial charge is 0.323 e. The molecule has 1 aliphatic rings. The molecule has 0 unspecified atom stereocenters. The largest absolute Gasteiger partial charge is 0.504 e. The molecule has 1 saturated heterocycles. The number of rotatable bonds is 3. The summed E-state index contributed by atoms with van der Waals surface area (Å²) < 4.78 is 0.112. The number of thioether (sulfide) groups is 1. The summed E-state index contributed by atoms with van der Waals surface area (Å²) in [4.78, 5) is 23.8. The van der Waals surface area contributed by atoms with E-state index in [0.717, 1.165) is 28.8 Å². The van der Waals surface area contributed by atoms with Crippen LogP contribution in [0.3, 0.4) is 0 Å². The summed E-state index contributed by atoms with van der Waals surface area (Å²) in [6.45, 7) is -0.534. The Morgan fingerprint density at radius 2 is 1.86 bits per heavy atom. The molecular weight excluding hydrogens is 318 g/mol. The highest BCUT2D eigenvalue weighted by Crippen LogP contribution is 2.38. The van der Waals surface area contributed by atoms with Crippen LogP contribution in [0.15, 0.2) is 17.0 Å². The number of carbonyl (C=O) groups is 2. The van der Waals surface area contributed by atoms with Crippen LogP contribution in [-0.2, 0) is 9.59 Å². The van der Waals surface area contributed by atoms with Gasteiger partial charge in [0.05, 0.1) is 4.91 Å². The predicted octanol–water partition coefficient (Wildman–Crippen LogP) is 1.09. The van der Waals surface area contributed by atoms with Crippen LogP contribution < -0.4 is 0 Å². The molecular formula is C12H9NO6S2. The first kappa shape index (κ1) is 15.1. The van der Waals surface area contributed by atoms with Crippen LogP contribution in [0.2, 0.25) is 0 Å². The molecule has 0 aromatic heterocycles. The summed E-state index contributed by atoms with van der Waals surface area (Å²) in [5.41, 5.74) is 0.263. The van der Waals surface area contributed by atoms with Crippen molar-refractivity contribution < 1.29 is 30.0 Å². The van der Waals surface area contributed by atoms with E-state index in [-0.39, 0.29) is 14.8 Å². The van der Waals surface area contributed by atoms with Crippen molar-refractivity contribution in [3.8, 4) is 17.2 Å². The van der Waals surface area contributed by atoms with Gasteiger partial charge in [0, 0.05) is 0 Å². The molecule has 1 aromatic rings. The molecule has 1 heterocycles. The summed E-state index contributed by atoms with van der Waals surface area (Å²) in [7, 11) is 0. The number of phenols is 3. The van der Waals surface area contributed by atoms with Crippen molar-refractivity contribution in [2.24, 2.45) is 0 Å². The summed E-state index contributed by atoms with van der Waals surface area (Å²) in [5.74, 6) is -3.50. The molecule has 0 spiro atoms. The van der Waals surface area contributed by atoms with E-state index in [4.69, 9.17) is 17.3 Å². The number of carboxylic acids is 1. The molecule has 1 amide bonds. The number of phenolic OH excluding ortho intramolecular Hbond substituents is 3. The Labute approximate surface area is 128 Å². The van der Waals surface area contributed by atoms with Crippen LogP contribution in [0.5, 0.6) is 17.2 Å². The normalized spacial score (nSPS) is 16.8. The van der Waals surface area contributed by atoms with Crippen molar-refractivity contribution in [3.63, 3.8) is 0 Å². The third-order valence-corrected chi connectivity index (χ3v) is 3.93. The van der Waals surface area contributed by atoms with Gasteiger partial charge in [0.15, 0.2) is 17.2 Å². The van der Waals surface area contributed by atoms with E-state index < -0.39 is 35.7 Å². The van der Waals surface area contributed by atoms with Crippen LogP contribution >= 0.6 is 24.0 Å². The zero-order chi connectivity index (χ0) is 15.7. The van der Waals surface area contributed by atoms with E-state index in [1.165, 1.54) is 6.08 Å². The molecule has 0 atom stereocenters. The number of hydrogen-bond acceptors (Lipinski definition) is 7. The van der Waals surface area contributed by atoms with E-state index in [1.807, 2.05) is 0 Å². The van der Waals surface area contributed by atoms with Crippen LogP contribution in [0.25, 0.3) is 6.08 Å². The van der Waals surface area contributed by atoms with Gasteiger partial charge in [-0.2, -0.15) is 0 Å². The highest BCUT2D eigenvalue weighted by molar-refractivity contribution is 8.26. The highest BCUT2D eigenvalue weighted by Gasteiger charge is 2.33. The van der Waals surface area contributed by atoms with Gasteiger partial charge >= 0.3 is 5.97 Å². The first-order valence-corrected chi connectivity index (χ1v) is 6.74. The average molecular weight is 327 g/mol. The molecule has 0 saturated carbocycles. The standard InChI is InChI=1S/C12H9NO6S2/c14-6-1-5(2-7(15)10(6)18)3-8-11(19)13(4-9(16)17)12(20)21-8/h1-3,14-15,18H,4H2,(H,16,17)/b8-3-. The van der Waals surface area contributed by atoms with Crippen molar-refractivity contribution in [2.75, 3.05) is 6.54 Å². The number of thiocarbonyl (C=S) groups is 1. The Bertz CT molecular complexity index is 661. The molecule has 0 bridgehead atoms. The Morgan fingerprint density at radius 1 is 1.29 bits per heavy atom. The van der Waals surface area contributed by atoms with Crippen LogP contribution in [-0.4, -0.2) is 48.1 Å². The Balaban J connectivity index is 2.33. The van der Waals surface area contributed by atoms with Crippen LogP contribution in [0.4, 0.5) is 0 Å². The molecule has 9 heteroatoms. The lowest BCUT2D eigenvalue weighted by Crippen LogP contribution is -2.33. The molecule has 110 valence electrons. The SMILES string of the molecule is O=C(O)CN1C(=O)/C(=C/c2cc(O)c(O)c(O)c2)SC1=S. The molecule has 1 fully saturated rings. The minimum atomic E-state index is -1.19. The number of hydrogen-bond donors (Lipinski definition) is 4. The van der Waals surface area contributed by atoms with E-state index in [1.54, 1.807) is 0 Å². The number of aliphatic carboxylic acids is 1. The zero-order valence-corrected chi connectivity index (χ0v) is 11.9. The second kappa shape index (κ2) is 5.62. The molecule has 0 aliphatic carbocycles. The van der Waals surface area contributed by atoms with Crippen molar-refractivity contribution in [1.29, 1.82) is 0 Å². The van der Waals surface area contributed by atoms with Crippen molar-refractivity contribution in [2.45, 2.75) is 0 Å². The third-order valence-electron chi connectivity index (χ3n) is 2.56.